The molecule has 1 aromatic carbocycles. The van der Waals surface area contributed by atoms with Gasteiger partial charge in [0.1, 0.15) is 6.42 Å². The van der Waals surface area contributed by atoms with Crippen LogP contribution in [0.15, 0.2) is 24.3 Å². The summed E-state index contributed by atoms with van der Waals surface area (Å²) in [5.41, 5.74) is 0.926. The summed E-state index contributed by atoms with van der Waals surface area (Å²) >= 11 is 0. The Hall–Kier alpha value is -2.37. The molecule has 2 amide bonds. The van der Waals surface area contributed by atoms with Crippen molar-refractivity contribution in [3.63, 3.8) is 0 Å². The second-order valence-corrected chi connectivity index (χ2v) is 4.36. The van der Waals surface area contributed by atoms with Gasteiger partial charge < -0.3 is 15.0 Å². The predicted octanol–water partition coefficient (Wildman–Crippen LogP) is 1.67. The first-order valence-electron chi connectivity index (χ1n) is 6.77. The number of nitrogens with one attached hydrogen (secondary N) is 1. The third kappa shape index (κ3) is 4.91. The number of anilines is 1. The van der Waals surface area contributed by atoms with Gasteiger partial charge in [-0.05, 0) is 38.1 Å². The molecule has 0 bridgehead atoms. The first-order valence-corrected chi connectivity index (χ1v) is 6.77. The van der Waals surface area contributed by atoms with Crippen LogP contribution in [0.25, 0.3) is 0 Å². The minimum atomic E-state index is -0.440. The van der Waals surface area contributed by atoms with E-state index < -0.39 is 5.97 Å². The summed E-state index contributed by atoms with van der Waals surface area (Å²) in [5.74, 6) is -1.02. The summed E-state index contributed by atoms with van der Waals surface area (Å²) in [5, 5.41) is 2.62. The lowest BCUT2D eigenvalue weighted by atomic mass is 10.2. The maximum absolute atomic E-state index is 11.8. The van der Waals surface area contributed by atoms with Gasteiger partial charge in [0.25, 0.3) is 0 Å². The van der Waals surface area contributed by atoms with Crippen LogP contribution in [0, 0.1) is 0 Å². The van der Waals surface area contributed by atoms with Crippen LogP contribution < -0.4 is 5.32 Å². The topological polar surface area (TPSA) is 75.7 Å². The minimum Gasteiger partial charge on any atom is -0.465 e. The normalized spacial score (nSPS) is 9.86. The van der Waals surface area contributed by atoms with Crippen molar-refractivity contribution in [2.75, 3.05) is 25.5 Å². The molecule has 0 saturated carbocycles. The highest BCUT2D eigenvalue weighted by atomic mass is 16.5. The quantitative estimate of drug-likeness (QED) is 0.639. The second-order valence-electron chi connectivity index (χ2n) is 4.36. The molecule has 1 rings (SSSR count). The molecule has 0 heterocycles. The van der Waals surface area contributed by atoms with Crippen molar-refractivity contribution in [1.29, 1.82) is 0 Å². The lowest BCUT2D eigenvalue weighted by Gasteiger charge is -2.18. The van der Waals surface area contributed by atoms with E-state index >= 15 is 0 Å². The first-order chi connectivity index (χ1) is 10.0. The molecule has 1 N–H and O–H groups in total. The SMILES string of the molecule is CCN(CC)C(=O)CC(=O)Nc1ccc(C(=O)OC)cc1. The summed E-state index contributed by atoms with van der Waals surface area (Å²) in [6.45, 7) is 4.89. The summed E-state index contributed by atoms with van der Waals surface area (Å²) in [7, 11) is 1.30. The summed E-state index contributed by atoms with van der Waals surface area (Å²) in [6, 6.07) is 6.28. The number of carbonyl (C=O) groups is 3. The van der Waals surface area contributed by atoms with Crippen molar-refractivity contribution in [3.05, 3.63) is 29.8 Å². The first kappa shape index (κ1) is 16.7. The molecule has 114 valence electrons. The molecule has 0 fully saturated rings. The minimum absolute atomic E-state index is 0.194. The Morgan fingerprint density at radius 2 is 1.67 bits per heavy atom. The van der Waals surface area contributed by atoms with Crippen molar-refractivity contribution in [3.8, 4) is 0 Å². The van der Waals surface area contributed by atoms with Crippen molar-refractivity contribution in [1.82, 2.24) is 4.90 Å². The molecule has 0 aliphatic rings. The molecular weight excluding hydrogens is 272 g/mol. The smallest absolute Gasteiger partial charge is 0.337 e. The average Bonchev–Trinajstić information content (AvgIpc) is 2.48. The molecule has 0 atom stereocenters. The van der Waals surface area contributed by atoms with Crippen LogP contribution in [0.5, 0.6) is 0 Å². The van der Waals surface area contributed by atoms with Crippen molar-refractivity contribution in [2.45, 2.75) is 20.3 Å². The largest absolute Gasteiger partial charge is 0.465 e. The molecule has 0 radical (unpaired) electrons. The molecule has 0 aromatic heterocycles. The van der Waals surface area contributed by atoms with Gasteiger partial charge in [-0.2, -0.15) is 0 Å². The lowest BCUT2D eigenvalue weighted by Crippen LogP contribution is -2.33. The summed E-state index contributed by atoms with van der Waals surface area (Å²) in [4.78, 5) is 36.4. The van der Waals surface area contributed by atoms with E-state index in [1.165, 1.54) is 7.11 Å². The number of hydrogen-bond acceptors (Lipinski definition) is 4. The van der Waals surface area contributed by atoms with Gasteiger partial charge in [-0.1, -0.05) is 0 Å². The fourth-order valence-corrected chi connectivity index (χ4v) is 1.84. The number of amides is 2. The summed E-state index contributed by atoms with van der Waals surface area (Å²) < 4.78 is 4.58. The average molecular weight is 292 g/mol. The van der Waals surface area contributed by atoms with Crippen LogP contribution in [0.4, 0.5) is 5.69 Å². The van der Waals surface area contributed by atoms with Gasteiger partial charge in [-0.3, -0.25) is 9.59 Å². The monoisotopic (exact) mass is 292 g/mol. The predicted molar refractivity (Wildman–Crippen MR) is 79.0 cm³/mol. The second kappa shape index (κ2) is 8.04. The van der Waals surface area contributed by atoms with E-state index in [0.29, 0.717) is 24.3 Å². The highest BCUT2D eigenvalue weighted by Gasteiger charge is 2.14. The number of hydrogen-bond donors (Lipinski definition) is 1. The van der Waals surface area contributed by atoms with Gasteiger partial charge in [-0.25, -0.2) is 4.79 Å². The van der Waals surface area contributed by atoms with E-state index in [1.807, 2.05) is 13.8 Å². The van der Waals surface area contributed by atoms with Crippen LogP contribution in [0.2, 0.25) is 0 Å². The van der Waals surface area contributed by atoms with Crippen LogP contribution >= 0.6 is 0 Å². The number of methoxy groups -OCH3 is 1. The van der Waals surface area contributed by atoms with E-state index in [9.17, 15) is 14.4 Å². The molecule has 6 heteroatoms. The Labute approximate surface area is 124 Å². The number of carbonyl (C=O) groups excluding carboxylic acids is 3. The molecule has 6 nitrogen and oxygen atoms in total. The summed E-state index contributed by atoms with van der Waals surface area (Å²) in [6.07, 6.45) is -0.194. The fraction of sp³-hybridized carbons (Fsp3) is 0.400. The molecule has 0 unspecified atom stereocenters. The zero-order chi connectivity index (χ0) is 15.8. The zero-order valence-electron chi connectivity index (χ0n) is 12.5. The molecule has 0 aliphatic heterocycles. The zero-order valence-corrected chi connectivity index (χ0v) is 12.5. The van der Waals surface area contributed by atoms with E-state index in [0.717, 1.165) is 0 Å². The number of benzene rings is 1. The molecule has 1 aromatic rings. The van der Waals surface area contributed by atoms with Crippen LogP contribution in [0.3, 0.4) is 0 Å². The van der Waals surface area contributed by atoms with E-state index in [2.05, 4.69) is 10.1 Å². The third-order valence-corrected chi connectivity index (χ3v) is 3.02. The Morgan fingerprint density at radius 1 is 1.10 bits per heavy atom. The Kier molecular flexibility index (Phi) is 6.39. The van der Waals surface area contributed by atoms with Gasteiger partial charge in [0.15, 0.2) is 0 Å². The van der Waals surface area contributed by atoms with Crippen molar-refractivity contribution in [2.24, 2.45) is 0 Å². The van der Waals surface area contributed by atoms with Gasteiger partial charge in [-0.15, -0.1) is 0 Å². The fourth-order valence-electron chi connectivity index (χ4n) is 1.84. The standard InChI is InChI=1S/C15H20N2O4/c1-4-17(5-2)14(19)10-13(18)16-12-8-6-11(7-9-12)15(20)21-3/h6-9H,4-5,10H2,1-3H3,(H,16,18). The molecule has 21 heavy (non-hydrogen) atoms. The van der Waals surface area contributed by atoms with Crippen molar-refractivity contribution >= 4 is 23.5 Å². The van der Waals surface area contributed by atoms with E-state index in [4.69, 9.17) is 0 Å². The van der Waals surface area contributed by atoms with E-state index in [-0.39, 0.29) is 18.2 Å². The molecule has 0 spiro atoms. The van der Waals surface area contributed by atoms with Gasteiger partial charge in [0.05, 0.1) is 12.7 Å². The number of rotatable bonds is 6. The molecule has 0 aliphatic carbocycles. The van der Waals surface area contributed by atoms with Gasteiger partial charge >= 0.3 is 5.97 Å². The van der Waals surface area contributed by atoms with E-state index in [1.54, 1.807) is 29.2 Å². The lowest BCUT2D eigenvalue weighted by molar-refractivity contribution is -0.134. The van der Waals surface area contributed by atoms with Gasteiger partial charge in [0.2, 0.25) is 11.8 Å². The number of ether oxygens (including phenoxy) is 1. The van der Waals surface area contributed by atoms with Gasteiger partial charge in [0, 0.05) is 18.8 Å². The van der Waals surface area contributed by atoms with Crippen molar-refractivity contribution < 1.29 is 19.1 Å². The number of nitrogens with zero attached hydrogens (tertiary/aromatic N) is 1. The van der Waals surface area contributed by atoms with Crippen LogP contribution in [-0.4, -0.2) is 42.9 Å². The number of esters is 1. The van der Waals surface area contributed by atoms with Crippen LogP contribution in [0.1, 0.15) is 30.6 Å². The molecular formula is C15H20N2O4. The molecule has 0 saturated heterocycles. The maximum Gasteiger partial charge on any atom is 0.337 e. The maximum atomic E-state index is 11.8. The highest BCUT2D eigenvalue weighted by molar-refractivity contribution is 6.03. The van der Waals surface area contributed by atoms with Crippen LogP contribution in [-0.2, 0) is 14.3 Å². The third-order valence-electron chi connectivity index (χ3n) is 3.02. The Morgan fingerprint density at radius 3 is 2.14 bits per heavy atom. The highest BCUT2D eigenvalue weighted by Crippen LogP contribution is 2.11. The Balaban J connectivity index is 2.59. The Bertz CT molecular complexity index is 507.